The minimum Gasteiger partial charge on any atom is -0.449 e. The Bertz CT molecular complexity index is 1070. The highest BCUT2D eigenvalue weighted by molar-refractivity contribution is 5.79. The number of nitrogens with one attached hydrogen (secondary N) is 1. The first-order valence-electron chi connectivity index (χ1n) is 10.3. The standard InChI is InChI=1S/C25H24FNO5/c26-16-10-9-15(13-28)21(11-16)24(30)23(29)12-27-25(31)32-14-22-19-7-3-1-5-17(19)18-6-2-4-8-20(18)22/h1-11,22-24,28-30H,12-14H2,(H,27,31). The maximum Gasteiger partial charge on any atom is 0.407 e. The molecule has 3 aromatic rings. The predicted molar refractivity (Wildman–Crippen MR) is 116 cm³/mol. The van der Waals surface area contributed by atoms with Crippen LogP contribution in [0, 0.1) is 5.82 Å². The van der Waals surface area contributed by atoms with Gasteiger partial charge in [-0.1, -0.05) is 54.6 Å². The Balaban J connectivity index is 1.36. The van der Waals surface area contributed by atoms with Gasteiger partial charge >= 0.3 is 6.09 Å². The zero-order valence-corrected chi connectivity index (χ0v) is 17.2. The number of aliphatic hydroxyl groups is 3. The van der Waals surface area contributed by atoms with Crippen LogP contribution in [-0.4, -0.2) is 40.7 Å². The number of rotatable bonds is 7. The quantitative estimate of drug-likeness (QED) is 0.455. The van der Waals surface area contributed by atoms with Gasteiger partial charge in [0.25, 0.3) is 0 Å². The van der Waals surface area contributed by atoms with E-state index in [0.29, 0.717) is 5.56 Å². The molecule has 0 aliphatic heterocycles. The van der Waals surface area contributed by atoms with E-state index in [9.17, 15) is 24.5 Å². The van der Waals surface area contributed by atoms with Crippen molar-refractivity contribution in [3.8, 4) is 11.1 Å². The Morgan fingerprint density at radius 2 is 1.62 bits per heavy atom. The van der Waals surface area contributed by atoms with Crippen LogP contribution < -0.4 is 5.32 Å². The summed E-state index contributed by atoms with van der Waals surface area (Å²) in [7, 11) is 0. The van der Waals surface area contributed by atoms with Gasteiger partial charge in [0.1, 0.15) is 24.6 Å². The molecule has 1 amide bonds. The van der Waals surface area contributed by atoms with Gasteiger partial charge in [0.15, 0.2) is 0 Å². The molecule has 2 unspecified atom stereocenters. The molecule has 2 atom stereocenters. The Morgan fingerprint density at radius 1 is 1.00 bits per heavy atom. The Kier molecular flexibility index (Phi) is 6.50. The summed E-state index contributed by atoms with van der Waals surface area (Å²) in [6.07, 6.45) is -3.64. The topological polar surface area (TPSA) is 99.0 Å². The van der Waals surface area contributed by atoms with Gasteiger partial charge in [0.2, 0.25) is 0 Å². The number of carbonyl (C=O) groups excluding carboxylic acids is 1. The van der Waals surface area contributed by atoms with E-state index in [1.807, 2.05) is 48.5 Å². The van der Waals surface area contributed by atoms with Gasteiger partial charge in [-0.15, -0.1) is 0 Å². The molecule has 1 aliphatic carbocycles. The molecule has 0 fully saturated rings. The summed E-state index contributed by atoms with van der Waals surface area (Å²) >= 11 is 0. The average Bonchev–Trinajstić information content (AvgIpc) is 3.14. The van der Waals surface area contributed by atoms with Crippen LogP contribution in [0.25, 0.3) is 11.1 Å². The molecule has 0 spiro atoms. The van der Waals surface area contributed by atoms with Gasteiger partial charge in [-0.05, 0) is 45.5 Å². The number of hydrogen-bond acceptors (Lipinski definition) is 5. The number of carbonyl (C=O) groups is 1. The number of benzene rings is 3. The normalized spacial score (nSPS) is 14.4. The molecule has 0 heterocycles. The van der Waals surface area contributed by atoms with E-state index < -0.39 is 30.7 Å². The fourth-order valence-electron chi connectivity index (χ4n) is 4.14. The second kappa shape index (κ2) is 9.48. The monoisotopic (exact) mass is 437 g/mol. The third kappa shape index (κ3) is 4.36. The third-order valence-electron chi connectivity index (χ3n) is 5.76. The lowest BCUT2D eigenvalue weighted by molar-refractivity contribution is 0.0173. The molecule has 7 heteroatoms. The number of hydrogen-bond donors (Lipinski definition) is 4. The summed E-state index contributed by atoms with van der Waals surface area (Å²) in [6.45, 7) is -0.602. The van der Waals surface area contributed by atoms with Gasteiger partial charge in [-0.2, -0.15) is 0 Å². The summed E-state index contributed by atoms with van der Waals surface area (Å²) in [5.74, 6) is -0.698. The fraction of sp³-hybridized carbons (Fsp3) is 0.240. The molecule has 6 nitrogen and oxygen atoms in total. The molecular formula is C25H24FNO5. The van der Waals surface area contributed by atoms with Crippen molar-refractivity contribution < 1.29 is 29.2 Å². The molecule has 4 N–H and O–H groups in total. The Hall–Kier alpha value is -3.26. The molecule has 166 valence electrons. The van der Waals surface area contributed by atoms with Crippen LogP contribution in [0.2, 0.25) is 0 Å². The lowest BCUT2D eigenvalue weighted by Crippen LogP contribution is -2.36. The van der Waals surface area contributed by atoms with Gasteiger partial charge < -0.3 is 25.4 Å². The number of halogens is 1. The van der Waals surface area contributed by atoms with E-state index >= 15 is 0 Å². The van der Waals surface area contributed by atoms with Crippen LogP contribution in [0.15, 0.2) is 66.7 Å². The number of alkyl carbamates (subject to hydrolysis) is 1. The SMILES string of the molecule is O=C(NCC(O)C(O)c1cc(F)ccc1CO)OCC1c2ccccc2-c2ccccc21. The first kappa shape index (κ1) is 22.0. The lowest BCUT2D eigenvalue weighted by atomic mass is 9.98. The Morgan fingerprint density at radius 3 is 2.25 bits per heavy atom. The number of fused-ring (bicyclic) bond motifs is 3. The van der Waals surface area contributed by atoms with Crippen molar-refractivity contribution in [3.05, 3.63) is 94.8 Å². The highest BCUT2D eigenvalue weighted by Crippen LogP contribution is 2.44. The number of aliphatic hydroxyl groups excluding tert-OH is 3. The largest absolute Gasteiger partial charge is 0.449 e. The van der Waals surface area contributed by atoms with E-state index in [2.05, 4.69) is 5.32 Å². The number of ether oxygens (including phenoxy) is 1. The van der Waals surface area contributed by atoms with Crippen molar-refractivity contribution >= 4 is 6.09 Å². The van der Waals surface area contributed by atoms with Crippen molar-refractivity contribution in [3.63, 3.8) is 0 Å². The van der Waals surface area contributed by atoms with Gasteiger partial charge in [0, 0.05) is 12.5 Å². The number of amides is 1. The molecular weight excluding hydrogens is 413 g/mol. The van der Waals surface area contributed by atoms with E-state index in [0.717, 1.165) is 34.4 Å². The average molecular weight is 437 g/mol. The van der Waals surface area contributed by atoms with Crippen LogP contribution in [0.5, 0.6) is 0 Å². The predicted octanol–water partition coefficient (Wildman–Crippen LogP) is 3.25. The first-order valence-corrected chi connectivity index (χ1v) is 10.3. The molecule has 0 saturated carbocycles. The van der Waals surface area contributed by atoms with Crippen molar-refractivity contribution in [2.45, 2.75) is 24.7 Å². The second-order valence-electron chi connectivity index (χ2n) is 7.72. The summed E-state index contributed by atoms with van der Waals surface area (Å²) < 4.78 is 18.9. The zero-order chi connectivity index (χ0) is 22.7. The maximum absolute atomic E-state index is 13.5. The van der Waals surface area contributed by atoms with Crippen LogP contribution >= 0.6 is 0 Å². The highest BCUT2D eigenvalue weighted by atomic mass is 19.1. The van der Waals surface area contributed by atoms with Crippen molar-refractivity contribution in [1.29, 1.82) is 0 Å². The summed E-state index contributed by atoms with van der Waals surface area (Å²) in [4.78, 5) is 12.2. The van der Waals surface area contributed by atoms with Crippen LogP contribution in [-0.2, 0) is 11.3 Å². The zero-order valence-electron chi connectivity index (χ0n) is 17.2. The van der Waals surface area contributed by atoms with Crippen LogP contribution in [0.1, 0.15) is 34.3 Å². The third-order valence-corrected chi connectivity index (χ3v) is 5.76. The summed E-state index contributed by atoms with van der Waals surface area (Å²) in [6, 6.07) is 19.5. The molecule has 0 bridgehead atoms. The summed E-state index contributed by atoms with van der Waals surface area (Å²) in [5, 5.41) is 32.4. The smallest absolute Gasteiger partial charge is 0.407 e. The van der Waals surface area contributed by atoms with E-state index in [1.165, 1.54) is 6.07 Å². The van der Waals surface area contributed by atoms with Crippen molar-refractivity contribution in [1.82, 2.24) is 5.32 Å². The van der Waals surface area contributed by atoms with Crippen LogP contribution in [0.3, 0.4) is 0 Å². The van der Waals surface area contributed by atoms with Gasteiger partial charge in [-0.3, -0.25) is 0 Å². The second-order valence-corrected chi connectivity index (χ2v) is 7.72. The van der Waals surface area contributed by atoms with Gasteiger partial charge in [-0.25, -0.2) is 9.18 Å². The minimum atomic E-state index is -1.48. The van der Waals surface area contributed by atoms with E-state index in [1.54, 1.807) is 0 Å². The molecule has 3 aromatic carbocycles. The minimum absolute atomic E-state index is 0.0642. The molecule has 32 heavy (non-hydrogen) atoms. The lowest BCUT2D eigenvalue weighted by Gasteiger charge is -2.21. The molecule has 1 aliphatic rings. The molecule has 0 aromatic heterocycles. The molecule has 4 rings (SSSR count). The Labute approximate surface area is 184 Å². The molecule has 0 radical (unpaired) electrons. The summed E-state index contributed by atoms with van der Waals surface area (Å²) in [5.41, 5.74) is 4.75. The maximum atomic E-state index is 13.5. The van der Waals surface area contributed by atoms with Crippen LogP contribution in [0.4, 0.5) is 9.18 Å². The molecule has 0 saturated heterocycles. The van der Waals surface area contributed by atoms with Crippen molar-refractivity contribution in [2.75, 3.05) is 13.2 Å². The van der Waals surface area contributed by atoms with E-state index in [4.69, 9.17) is 4.74 Å². The first-order chi connectivity index (χ1) is 15.5. The van der Waals surface area contributed by atoms with E-state index in [-0.39, 0.29) is 24.6 Å². The fourth-order valence-corrected chi connectivity index (χ4v) is 4.14. The van der Waals surface area contributed by atoms with Crippen molar-refractivity contribution in [2.24, 2.45) is 0 Å². The van der Waals surface area contributed by atoms with Gasteiger partial charge in [0.05, 0.1) is 6.61 Å². The highest BCUT2D eigenvalue weighted by Gasteiger charge is 2.29.